The number of H-pyrrole nitrogens is 1. The van der Waals surface area contributed by atoms with Crippen molar-refractivity contribution in [1.82, 2.24) is 9.55 Å². The van der Waals surface area contributed by atoms with Crippen molar-refractivity contribution < 1.29 is 15.6 Å². The first kappa shape index (κ1) is 19.9. The maximum Gasteiger partial charge on any atom is 0.120 e. The first-order valence-electron chi connectivity index (χ1n) is 10.8. The molecule has 2 aromatic heterocycles. The second kappa shape index (κ2) is 9.02. The van der Waals surface area contributed by atoms with Gasteiger partial charge in [0, 0.05) is 51.8 Å². The molecule has 162 valence electrons. The predicted molar refractivity (Wildman–Crippen MR) is 131 cm³/mol. The van der Waals surface area contributed by atoms with Crippen LogP contribution < -0.4 is 4.74 Å². The van der Waals surface area contributed by atoms with Gasteiger partial charge in [0.15, 0.2) is 0 Å². The van der Waals surface area contributed by atoms with Crippen molar-refractivity contribution in [2.75, 3.05) is 14.3 Å². The molecule has 0 aliphatic rings. The number of phenolic OH excluding ortho intramolecular Hbond substituents is 1. The maximum absolute atomic E-state index is 9.96. The second-order valence-electron chi connectivity index (χ2n) is 7.36. The van der Waals surface area contributed by atoms with Gasteiger partial charge >= 0.3 is 0 Å². The summed E-state index contributed by atoms with van der Waals surface area (Å²) in [5.41, 5.74) is 4.55. The number of fused-ring (bicyclic) bond motifs is 6. The number of methoxy groups -OCH3 is 1. The van der Waals surface area contributed by atoms with E-state index in [9.17, 15) is 9.50 Å². The zero-order valence-electron chi connectivity index (χ0n) is 19.0. The van der Waals surface area contributed by atoms with E-state index in [2.05, 4.69) is 59.1 Å². The van der Waals surface area contributed by atoms with Crippen molar-refractivity contribution in [2.45, 2.75) is 0 Å². The number of rotatable bonds is 1. The summed E-state index contributed by atoms with van der Waals surface area (Å²) in [5, 5.41) is 14.3. The highest BCUT2D eigenvalue weighted by Gasteiger charge is 2.07. The number of para-hydroxylation sites is 2. The molecule has 4 nitrogen and oxygen atoms in total. The summed E-state index contributed by atoms with van der Waals surface area (Å²) in [5.74, 6) is 1.20. The largest absolute Gasteiger partial charge is 0.508 e. The molecule has 0 saturated carbocycles. The number of alkyl halides is 1. The Labute approximate surface area is 186 Å². The van der Waals surface area contributed by atoms with Gasteiger partial charge in [0.05, 0.1) is 26.7 Å². The van der Waals surface area contributed by atoms with Gasteiger partial charge in [-0.25, -0.2) is 0 Å². The van der Waals surface area contributed by atoms with E-state index in [4.69, 9.17) is 6.11 Å². The van der Waals surface area contributed by atoms with Crippen molar-refractivity contribution in [3.05, 3.63) is 84.9 Å². The second-order valence-corrected chi connectivity index (χ2v) is 7.36. The van der Waals surface area contributed by atoms with Gasteiger partial charge in [0.2, 0.25) is 0 Å². The molecule has 0 unspecified atom stereocenters. The summed E-state index contributed by atoms with van der Waals surface area (Å²) >= 11 is 0. The fraction of sp³-hybridized carbons (Fsp3) is 0.111. The fourth-order valence-electron chi connectivity index (χ4n) is 4.11. The predicted octanol–water partition coefficient (Wildman–Crippen LogP) is 6.95. The van der Waals surface area contributed by atoms with Crippen LogP contribution in [0.2, 0.25) is 0 Å². The number of aromatic nitrogens is 2. The molecule has 0 radical (unpaired) electrons. The summed E-state index contributed by atoms with van der Waals surface area (Å²) in [4.78, 5) is 3.26. The summed E-state index contributed by atoms with van der Waals surface area (Å²) < 4.78 is 23.0. The van der Waals surface area contributed by atoms with E-state index in [0.717, 1.165) is 22.2 Å². The van der Waals surface area contributed by atoms with Crippen LogP contribution in [0.25, 0.3) is 43.6 Å². The van der Waals surface area contributed by atoms with Gasteiger partial charge in [-0.05, 0) is 36.4 Å². The van der Waals surface area contributed by atoms with Crippen molar-refractivity contribution in [2.24, 2.45) is 7.05 Å². The molecule has 6 aromatic rings. The average Bonchev–Trinajstić information content (AvgIpc) is 3.34. The SMILES string of the molecule is COc1ccc2c3ccccc3n(C)c2c1.Oc1ccc2c(c1)[nH]c1ccccc12.[2H]CF. The summed E-state index contributed by atoms with van der Waals surface area (Å²) in [6.07, 6.45) is 0. The maximum atomic E-state index is 9.96. The van der Waals surface area contributed by atoms with Crippen molar-refractivity contribution in [1.29, 1.82) is 0 Å². The Morgan fingerprint density at radius 3 is 2.22 bits per heavy atom. The number of nitrogens with one attached hydrogen (secondary N) is 1. The van der Waals surface area contributed by atoms with E-state index in [0.29, 0.717) is 5.75 Å². The van der Waals surface area contributed by atoms with Gasteiger partial charge in [-0.2, -0.15) is 0 Å². The Hall–Kier alpha value is -3.99. The number of aromatic amines is 1. The highest BCUT2D eigenvalue weighted by molar-refractivity contribution is 6.08. The molecule has 2 heterocycles. The van der Waals surface area contributed by atoms with E-state index in [1.165, 1.54) is 27.2 Å². The van der Waals surface area contributed by atoms with Crippen LogP contribution in [0, 0.1) is 0 Å². The zero-order chi connectivity index (χ0) is 23.4. The van der Waals surface area contributed by atoms with E-state index in [1.54, 1.807) is 19.2 Å². The van der Waals surface area contributed by atoms with Gasteiger partial charge in [0.25, 0.3) is 0 Å². The molecule has 5 heteroatoms. The molecule has 2 N–H and O–H groups in total. The third-order valence-corrected chi connectivity index (χ3v) is 5.61. The Kier molecular flexibility index (Phi) is 5.62. The summed E-state index contributed by atoms with van der Waals surface area (Å²) in [6, 6.07) is 28.2. The molecule has 6 rings (SSSR count). The molecule has 0 aliphatic heterocycles. The van der Waals surface area contributed by atoms with Crippen LogP contribution in [0.1, 0.15) is 1.37 Å². The molecule has 0 saturated heterocycles. The van der Waals surface area contributed by atoms with Crippen molar-refractivity contribution >= 4 is 43.6 Å². The minimum atomic E-state index is -1.00. The van der Waals surface area contributed by atoms with E-state index in [1.807, 2.05) is 30.3 Å². The van der Waals surface area contributed by atoms with E-state index in [-0.39, 0.29) is 0 Å². The average molecular weight is 430 g/mol. The van der Waals surface area contributed by atoms with Gasteiger partial charge in [-0.1, -0.05) is 36.4 Å². The van der Waals surface area contributed by atoms with Crippen molar-refractivity contribution in [3.8, 4) is 11.5 Å². The molecule has 0 atom stereocenters. The number of hydrogen-bond donors (Lipinski definition) is 2. The quantitative estimate of drug-likeness (QED) is 0.297. The molecular formula is C27H25FN2O2. The zero-order valence-corrected chi connectivity index (χ0v) is 18.0. The van der Waals surface area contributed by atoms with Crippen LogP contribution in [0.5, 0.6) is 11.5 Å². The third-order valence-electron chi connectivity index (χ3n) is 5.61. The minimum Gasteiger partial charge on any atom is -0.508 e. The first-order valence-corrected chi connectivity index (χ1v) is 10.1. The number of benzene rings is 4. The number of aromatic hydroxyl groups is 1. The lowest BCUT2D eigenvalue weighted by atomic mass is 10.1. The lowest BCUT2D eigenvalue weighted by molar-refractivity contribution is 0.415. The Balaban J connectivity index is 0.000000142. The van der Waals surface area contributed by atoms with Crippen molar-refractivity contribution in [3.63, 3.8) is 0 Å². The molecule has 0 aliphatic carbocycles. The van der Waals surface area contributed by atoms with E-state index < -0.39 is 7.15 Å². The van der Waals surface area contributed by atoms with Gasteiger partial charge in [-0.3, -0.25) is 4.39 Å². The van der Waals surface area contributed by atoms with Crippen LogP contribution in [0.3, 0.4) is 0 Å². The number of phenols is 1. The van der Waals surface area contributed by atoms with E-state index >= 15 is 0 Å². The molecule has 0 fully saturated rings. The standard InChI is InChI=1S/C14H13NO.C12H9NO.CH3F/c1-15-13-6-4-3-5-11(13)12-8-7-10(16-2)9-14(12)15;14-8-5-6-10-9-3-1-2-4-11(9)13-12(10)7-8;1-2/h3-9H,1-2H3;1-7,13-14H;1H3/i;;1D. The highest BCUT2D eigenvalue weighted by atomic mass is 19.1. The smallest absolute Gasteiger partial charge is 0.120 e. The lowest BCUT2D eigenvalue weighted by Crippen LogP contribution is -1.87. The monoisotopic (exact) mass is 429 g/mol. The van der Waals surface area contributed by atoms with Gasteiger partial charge < -0.3 is 19.4 Å². The fourth-order valence-corrected chi connectivity index (χ4v) is 4.11. The van der Waals surface area contributed by atoms with Crippen LogP contribution >= 0.6 is 0 Å². The lowest BCUT2D eigenvalue weighted by Gasteiger charge is -2.01. The Morgan fingerprint density at radius 1 is 0.812 bits per heavy atom. The number of hydrogen-bond acceptors (Lipinski definition) is 2. The van der Waals surface area contributed by atoms with Gasteiger partial charge in [0.1, 0.15) is 11.5 Å². The molecule has 32 heavy (non-hydrogen) atoms. The third kappa shape index (κ3) is 3.73. The summed E-state index contributed by atoms with van der Waals surface area (Å²) in [7, 11) is 2.79. The topological polar surface area (TPSA) is 50.2 Å². The molecular weight excluding hydrogens is 403 g/mol. The van der Waals surface area contributed by atoms with Gasteiger partial charge in [-0.15, -0.1) is 0 Å². The van der Waals surface area contributed by atoms with Crippen LogP contribution in [0.4, 0.5) is 4.39 Å². The number of halogens is 1. The minimum absolute atomic E-state index is 0.295. The van der Waals surface area contributed by atoms with Crippen LogP contribution in [-0.2, 0) is 7.05 Å². The summed E-state index contributed by atoms with van der Waals surface area (Å²) in [6.45, 7) is 0. The molecule has 0 spiro atoms. The molecule has 0 bridgehead atoms. The normalized spacial score (nSPS) is 11.0. The number of ether oxygens (including phenoxy) is 1. The molecule has 0 amide bonds. The van der Waals surface area contributed by atoms with Crippen LogP contribution in [0.15, 0.2) is 84.9 Å². The Bertz CT molecular complexity index is 1540. The highest BCUT2D eigenvalue weighted by Crippen LogP contribution is 2.30. The Morgan fingerprint density at radius 2 is 1.44 bits per heavy atom. The molecule has 4 aromatic carbocycles. The number of nitrogens with zero attached hydrogens (tertiary/aromatic N) is 1. The van der Waals surface area contributed by atoms with Crippen LogP contribution in [-0.4, -0.2) is 28.9 Å². The number of aryl methyl sites for hydroxylation is 1. The first-order chi connectivity index (χ1) is 16.1.